The monoisotopic (exact) mass is 249 g/mol. The summed E-state index contributed by atoms with van der Waals surface area (Å²) in [5.74, 6) is -0.312. The molecule has 0 aliphatic rings. The van der Waals surface area contributed by atoms with E-state index in [0.717, 1.165) is 10.7 Å². The van der Waals surface area contributed by atoms with Crippen molar-refractivity contribution in [3.8, 4) is 0 Å². The molecule has 5 nitrogen and oxygen atoms in total. The summed E-state index contributed by atoms with van der Waals surface area (Å²) in [6, 6.07) is 4.46. The van der Waals surface area contributed by atoms with Crippen LogP contribution in [-0.2, 0) is 6.54 Å². The number of carbonyl (C=O) groups excluding carboxylic acids is 1. The van der Waals surface area contributed by atoms with E-state index in [9.17, 15) is 9.59 Å². The summed E-state index contributed by atoms with van der Waals surface area (Å²) < 4.78 is 0. The Morgan fingerprint density at radius 2 is 2.35 bits per heavy atom. The van der Waals surface area contributed by atoms with Crippen LogP contribution in [0.1, 0.15) is 21.2 Å². The van der Waals surface area contributed by atoms with Crippen molar-refractivity contribution in [2.24, 2.45) is 0 Å². The Labute approximate surface area is 102 Å². The van der Waals surface area contributed by atoms with E-state index in [1.54, 1.807) is 12.1 Å². The summed E-state index contributed by atoms with van der Waals surface area (Å²) in [6.45, 7) is 2.27. The summed E-state index contributed by atoms with van der Waals surface area (Å²) in [5.41, 5.74) is 0.783. The predicted molar refractivity (Wildman–Crippen MR) is 65.1 cm³/mol. The van der Waals surface area contributed by atoms with Crippen molar-refractivity contribution in [1.29, 1.82) is 0 Å². The molecule has 0 saturated carbocycles. The molecular formula is C11H11N3O2S. The van der Waals surface area contributed by atoms with Crippen LogP contribution in [0, 0.1) is 6.92 Å². The first-order chi connectivity index (χ1) is 8.15. The number of carbonyl (C=O) groups is 1. The Kier molecular flexibility index (Phi) is 3.34. The molecule has 88 valence electrons. The molecule has 0 aliphatic carbocycles. The molecule has 1 amide bonds. The molecule has 0 saturated heterocycles. The molecule has 2 heterocycles. The van der Waals surface area contributed by atoms with Crippen LogP contribution >= 0.6 is 11.3 Å². The number of rotatable bonds is 3. The Morgan fingerprint density at radius 1 is 1.53 bits per heavy atom. The maximum absolute atomic E-state index is 11.7. The van der Waals surface area contributed by atoms with Crippen LogP contribution in [0.4, 0.5) is 0 Å². The second-order valence-corrected chi connectivity index (χ2v) is 4.53. The van der Waals surface area contributed by atoms with Crippen LogP contribution in [0.2, 0.25) is 0 Å². The molecule has 2 aromatic rings. The minimum atomic E-state index is -0.312. The van der Waals surface area contributed by atoms with Crippen LogP contribution in [0.15, 0.2) is 28.4 Å². The predicted octanol–water partition coefficient (Wildman–Crippen LogP) is 1.07. The number of nitrogens with zero attached hydrogens (tertiary/aromatic N) is 1. The van der Waals surface area contributed by atoms with E-state index in [1.165, 1.54) is 17.4 Å². The number of pyridine rings is 1. The van der Waals surface area contributed by atoms with Gasteiger partial charge < -0.3 is 10.3 Å². The van der Waals surface area contributed by atoms with Gasteiger partial charge in [-0.25, -0.2) is 4.98 Å². The van der Waals surface area contributed by atoms with Gasteiger partial charge in [-0.1, -0.05) is 6.07 Å². The van der Waals surface area contributed by atoms with Crippen molar-refractivity contribution >= 4 is 17.2 Å². The minimum Gasteiger partial charge on any atom is -0.345 e. The summed E-state index contributed by atoms with van der Waals surface area (Å²) >= 11 is 1.53. The van der Waals surface area contributed by atoms with Gasteiger partial charge in [0.1, 0.15) is 5.69 Å². The van der Waals surface area contributed by atoms with Gasteiger partial charge in [-0.15, -0.1) is 11.3 Å². The van der Waals surface area contributed by atoms with Crippen molar-refractivity contribution < 1.29 is 4.79 Å². The molecule has 0 bridgehead atoms. The highest BCUT2D eigenvalue weighted by Gasteiger charge is 2.06. The van der Waals surface area contributed by atoms with Crippen molar-refractivity contribution in [3.05, 3.63) is 50.3 Å². The van der Waals surface area contributed by atoms with E-state index in [-0.39, 0.29) is 17.2 Å². The van der Waals surface area contributed by atoms with Crippen LogP contribution < -0.4 is 10.9 Å². The molecular weight excluding hydrogens is 238 g/mol. The van der Waals surface area contributed by atoms with Gasteiger partial charge in [-0.05, 0) is 13.0 Å². The highest BCUT2D eigenvalue weighted by molar-refractivity contribution is 7.09. The van der Waals surface area contributed by atoms with Gasteiger partial charge in [0, 0.05) is 11.4 Å². The maximum Gasteiger partial charge on any atom is 0.268 e. The normalized spacial score (nSPS) is 10.2. The molecule has 2 rings (SSSR count). The fourth-order valence-corrected chi connectivity index (χ4v) is 1.95. The van der Waals surface area contributed by atoms with Crippen LogP contribution in [0.25, 0.3) is 0 Å². The quantitative estimate of drug-likeness (QED) is 0.854. The molecule has 0 unspecified atom stereocenters. The molecule has 2 aromatic heterocycles. The van der Waals surface area contributed by atoms with Gasteiger partial charge in [-0.2, -0.15) is 0 Å². The average Bonchev–Trinajstić information content (AvgIpc) is 2.72. The van der Waals surface area contributed by atoms with E-state index in [2.05, 4.69) is 15.3 Å². The largest absolute Gasteiger partial charge is 0.345 e. The van der Waals surface area contributed by atoms with Crippen molar-refractivity contribution in [2.45, 2.75) is 13.5 Å². The Balaban J connectivity index is 2.00. The summed E-state index contributed by atoms with van der Waals surface area (Å²) in [6.07, 6.45) is 0. The molecule has 17 heavy (non-hydrogen) atoms. The first-order valence-corrected chi connectivity index (χ1v) is 5.91. The summed E-state index contributed by atoms with van der Waals surface area (Å²) in [5, 5.41) is 5.54. The third kappa shape index (κ3) is 3.01. The van der Waals surface area contributed by atoms with E-state index in [1.807, 2.05) is 12.3 Å². The molecule has 0 radical (unpaired) electrons. The first-order valence-electron chi connectivity index (χ1n) is 5.04. The van der Waals surface area contributed by atoms with Gasteiger partial charge in [0.25, 0.3) is 5.91 Å². The highest BCUT2D eigenvalue weighted by Crippen LogP contribution is 2.07. The molecule has 0 aliphatic heterocycles. The number of aromatic amines is 1. The number of aryl methyl sites for hydroxylation is 1. The molecule has 0 fully saturated rings. The van der Waals surface area contributed by atoms with Crippen molar-refractivity contribution in [3.63, 3.8) is 0 Å². The highest BCUT2D eigenvalue weighted by atomic mass is 32.1. The van der Waals surface area contributed by atoms with E-state index in [4.69, 9.17) is 0 Å². The fourth-order valence-electron chi connectivity index (χ4n) is 1.34. The van der Waals surface area contributed by atoms with Crippen molar-refractivity contribution in [1.82, 2.24) is 15.3 Å². The zero-order chi connectivity index (χ0) is 12.3. The zero-order valence-corrected chi connectivity index (χ0v) is 10.0. The molecule has 6 heteroatoms. The number of aromatic nitrogens is 2. The molecule has 2 N–H and O–H groups in total. The molecule has 0 atom stereocenters. The van der Waals surface area contributed by atoms with Crippen molar-refractivity contribution in [2.75, 3.05) is 0 Å². The van der Waals surface area contributed by atoms with Crippen LogP contribution in [0.3, 0.4) is 0 Å². The SMILES string of the molecule is Cc1nc(CNC(=O)c2cccc(=O)[nH]2)cs1. The second-order valence-electron chi connectivity index (χ2n) is 3.47. The van der Waals surface area contributed by atoms with Gasteiger partial charge in [-0.3, -0.25) is 9.59 Å². The topological polar surface area (TPSA) is 74.8 Å². The smallest absolute Gasteiger partial charge is 0.268 e. The third-order valence-corrected chi connectivity index (χ3v) is 2.93. The van der Waals surface area contributed by atoms with Gasteiger partial charge in [0.2, 0.25) is 5.56 Å². The lowest BCUT2D eigenvalue weighted by atomic mass is 10.3. The number of thiazole rings is 1. The molecule has 0 aromatic carbocycles. The standard InChI is InChI=1S/C11H11N3O2S/c1-7-13-8(6-17-7)5-12-11(16)9-3-2-4-10(15)14-9/h2-4,6H,5H2,1H3,(H,12,16)(H,14,15). The Bertz CT molecular complexity index is 588. The number of hydrogen-bond acceptors (Lipinski definition) is 4. The van der Waals surface area contributed by atoms with Gasteiger partial charge in [0.05, 0.1) is 17.2 Å². The lowest BCUT2D eigenvalue weighted by molar-refractivity contribution is 0.0945. The van der Waals surface area contributed by atoms with E-state index in [0.29, 0.717) is 6.54 Å². The van der Waals surface area contributed by atoms with Crippen LogP contribution in [0.5, 0.6) is 0 Å². The number of nitrogens with one attached hydrogen (secondary N) is 2. The van der Waals surface area contributed by atoms with E-state index < -0.39 is 0 Å². The Morgan fingerprint density at radius 3 is 3.00 bits per heavy atom. The lowest BCUT2D eigenvalue weighted by Crippen LogP contribution is -2.25. The Hall–Kier alpha value is -1.95. The van der Waals surface area contributed by atoms with Crippen LogP contribution in [-0.4, -0.2) is 15.9 Å². The second kappa shape index (κ2) is 4.92. The first kappa shape index (κ1) is 11.5. The summed E-state index contributed by atoms with van der Waals surface area (Å²) in [4.78, 5) is 29.4. The fraction of sp³-hybridized carbons (Fsp3) is 0.182. The zero-order valence-electron chi connectivity index (χ0n) is 9.19. The lowest BCUT2D eigenvalue weighted by Gasteiger charge is -2.02. The molecule has 0 spiro atoms. The average molecular weight is 249 g/mol. The number of amides is 1. The number of hydrogen-bond donors (Lipinski definition) is 2. The minimum absolute atomic E-state index is 0.254. The third-order valence-electron chi connectivity index (χ3n) is 2.11. The van der Waals surface area contributed by atoms with E-state index >= 15 is 0 Å². The maximum atomic E-state index is 11.7. The summed E-state index contributed by atoms with van der Waals surface area (Å²) in [7, 11) is 0. The van der Waals surface area contributed by atoms with Gasteiger partial charge in [0.15, 0.2) is 0 Å². The number of H-pyrrole nitrogens is 1. The van der Waals surface area contributed by atoms with Gasteiger partial charge >= 0.3 is 0 Å².